The average molecular weight is 309 g/mol. The molecule has 2 heterocycles. The first-order chi connectivity index (χ1) is 11.3. The first-order valence-corrected chi connectivity index (χ1v) is 7.68. The Morgan fingerprint density at radius 2 is 1.91 bits per heavy atom. The van der Waals surface area contributed by atoms with Gasteiger partial charge in [-0.1, -0.05) is 24.3 Å². The van der Waals surface area contributed by atoms with Crippen LogP contribution >= 0.6 is 0 Å². The highest BCUT2D eigenvalue weighted by Crippen LogP contribution is 2.14. The Bertz CT molecular complexity index is 674. The Kier molecular flexibility index (Phi) is 5.14. The maximum absolute atomic E-state index is 8.74. The van der Waals surface area contributed by atoms with Crippen molar-refractivity contribution in [2.75, 3.05) is 31.6 Å². The van der Waals surface area contributed by atoms with Gasteiger partial charge in [0.25, 0.3) is 0 Å². The minimum absolute atomic E-state index is 0.322. The smallest absolute Gasteiger partial charge is 0.158 e. The van der Waals surface area contributed by atoms with E-state index < -0.39 is 0 Å². The van der Waals surface area contributed by atoms with Gasteiger partial charge >= 0.3 is 0 Å². The van der Waals surface area contributed by atoms with E-state index in [9.17, 15) is 0 Å². The summed E-state index contributed by atoms with van der Waals surface area (Å²) >= 11 is 0. The first kappa shape index (κ1) is 15.4. The van der Waals surface area contributed by atoms with Crippen molar-refractivity contribution < 1.29 is 4.74 Å². The third kappa shape index (κ3) is 4.25. The van der Waals surface area contributed by atoms with Crippen molar-refractivity contribution >= 4 is 5.82 Å². The second kappa shape index (κ2) is 7.68. The zero-order valence-electron chi connectivity index (χ0n) is 12.9. The molecule has 2 aromatic rings. The summed E-state index contributed by atoms with van der Waals surface area (Å²) in [7, 11) is 0. The van der Waals surface area contributed by atoms with E-state index in [1.807, 2.05) is 12.1 Å². The summed E-state index contributed by atoms with van der Waals surface area (Å²) in [5.74, 6) is 0.671. The van der Waals surface area contributed by atoms with Gasteiger partial charge in [-0.2, -0.15) is 5.26 Å². The predicted molar refractivity (Wildman–Crippen MR) is 86.6 cm³/mol. The Hall–Kier alpha value is -2.49. The van der Waals surface area contributed by atoms with Crippen LogP contribution in [-0.2, 0) is 17.8 Å². The van der Waals surface area contributed by atoms with Crippen LogP contribution in [0.25, 0.3) is 0 Å². The standard InChI is InChI=1S/C17H19N5O/c18-9-16-11-21-17(12-19-16)20-10-14-3-1-2-4-15(14)13-22-5-7-23-8-6-22/h1-4,11-12H,5-8,10,13H2,(H,20,21). The van der Waals surface area contributed by atoms with Crippen molar-refractivity contribution in [2.24, 2.45) is 0 Å². The first-order valence-electron chi connectivity index (χ1n) is 7.68. The minimum atomic E-state index is 0.322. The number of rotatable bonds is 5. The van der Waals surface area contributed by atoms with Gasteiger partial charge in [0.1, 0.15) is 11.9 Å². The molecule has 3 rings (SSSR count). The van der Waals surface area contributed by atoms with Crippen molar-refractivity contribution in [3.8, 4) is 6.07 Å². The summed E-state index contributed by atoms with van der Waals surface area (Å²) < 4.78 is 5.40. The Labute approximate surface area is 135 Å². The van der Waals surface area contributed by atoms with Gasteiger partial charge in [0, 0.05) is 26.2 Å². The van der Waals surface area contributed by atoms with Gasteiger partial charge in [0.15, 0.2) is 5.69 Å². The molecule has 0 spiro atoms. The van der Waals surface area contributed by atoms with Crippen LogP contribution in [0.1, 0.15) is 16.8 Å². The van der Waals surface area contributed by atoms with Crippen molar-refractivity contribution in [1.82, 2.24) is 14.9 Å². The quantitative estimate of drug-likeness (QED) is 0.907. The van der Waals surface area contributed by atoms with E-state index in [2.05, 4.69) is 38.4 Å². The van der Waals surface area contributed by atoms with E-state index in [1.165, 1.54) is 17.3 Å². The summed E-state index contributed by atoms with van der Waals surface area (Å²) in [5.41, 5.74) is 2.87. The molecule has 118 valence electrons. The highest BCUT2D eigenvalue weighted by atomic mass is 16.5. The van der Waals surface area contributed by atoms with Crippen LogP contribution in [0.4, 0.5) is 5.82 Å². The van der Waals surface area contributed by atoms with Crippen LogP contribution < -0.4 is 5.32 Å². The molecule has 0 aliphatic carbocycles. The van der Waals surface area contributed by atoms with Crippen LogP contribution in [0.15, 0.2) is 36.7 Å². The molecule has 1 saturated heterocycles. The Balaban J connectivity index is 1.63. The molecule has 0 amide bonds. The van der Waals surface area contributed by atoms with Gasteiger partial charge in [0.05, 0.1) is 25.6 Å². The average Bonchev–Trinajstić information content (AvgIpc) is 2.62. The van der Waals surface area contributed by atoms with Crippen molar-refractivity contribution in [3.63, 3.8) is 0 Å². The molecule has 1 N–H and O–H groups in total. The summed E-state index contributed by atoms with van der Waals surface area (Å²) in [4.78, 5) is 10.6. The maximum Gasteiger partial charge on any atom is 0.158 e. The number of nitriles is 1. The van der Waals surface area contributed by atoms with E-state index in [0.717, 1.165) is 32.8 Å². The predicted octanol–water partition coefficient (Wildman–Crippen LogP) is 1.79. The SMILES string of the molecule is N#Cc1cnc(NCc2ccccc2CN2CCOCC2)cn1. The van der Waals surface area contributed by atoms with Gasteiger partial charge in [-0.15, -0.1) is 0 Å². The zero-order chi connectivity index (χ0) is 15.9. The third-order valence-electron chi connectivity index (χ3n) is 3.84. The van der Waals surface area contributed by atoms with Gasteiger partial charge in [-0.25, -0.2) is 9.97 Å². The second-order valence-corrected chi connectivity index (χ2v) is 5.41. The van der Waals surface area contributed by atoms with E-state index in [1.54, 1.807) is 6.20 Å². The highest BCUT2D eigenvalue weighted by Gasteiger charge is 2.12. The van der Waals surface area contributed by atoms with Gasteiger partial charge < -0.3 is 10.1 Å². The molecular formula is C17H19N5O. The van der Waals surface area contributed by atoms with Crippen molar-refractivity contribution in [2.45, 2.75) is 13.1 Å². The number of nitrogens with one attached hydrogen (secondary N) is 1. The number of morpholine rings is 1. The molecule has 0 bridgehead atoms. The molecule has 23 heavy (non-hydrogen) atoms. The lowest BCUT2D eigenvalue weighted by molar-refractivity contribution is 0.0341. The van der Waals surface area contributed by atoms with E-state index >= 15 is 0 Å². The fourth-order valence-electron chi connectivity index (χ4n) is 2.55. The molecule has 0 unspecified atom stereocenters. The molecule has 1 aliphatic rings. The van der Waals surface area contributed by atoms with Crippen LogP contribution in [0.5, 0.6) is 0 Å². The van der Waals surface area contributed by atoms with Gasteiger partial charge in [0.2, 0.25) is 0 Å². The summed E-state index contributed by atoms with van der Waals surface area (Å²) in [6.07, 6.45) is 3.06. The molecule has 1 fully saturated rings. The number of nitrogens with zero attached hydrogens (tertiary/aromatic N) is 4. The molecule has 6 nitrogen and oxygen atoms in total. The molecule has 0 atom stereocenters. The van der Waals surface area contributed by atoms with Crippen LogP contribution in [0, 0.1) is 11.3 Å². The normalized spacial score (nSPS) is 15.1. The number of hydrogen-bond acceptors (Lipinski definition) is 6. The lowest BCUT2D eigenvalue weighted by Gasteiger charge is -2.27. The van der Waals surface area contributed by atoms with E-state index in [4.69, 9.17) is 10.00 Å². The molecule has 0 saturated carbocycles. The molecule has 1 aliphatic heterocycles. The minimum Gasteiger partial charge on any atom is -0.379 e. The van der Waals surface area contributed by atoms with E-state index in [0.29, 0.717) is 18.1 Å². The van der Waals surface area contributed by atoms with Gasteiger partial charge in [-0.05, 0) is 11.1 Å². The number of hydrogen-bond donors (Lipinski definition) is 1. The molecule has 1 aromatic carbocycles. The highest BCUT2D eigenvalue weighted by molar-refractivity contribution is 5.36. The summed E-state index contributed by atoms with van der Waals surface area (Å²) in [6, 6.07) is 10.4. The van der Waals surface area contributed by atoms with Crippen LogP contribution in [0.2, 0.25) is 0 Å². The summed E-state index contributed by atoms with van der Waals surface area (Å²) in [5, 5.41) is 12.0. The van der Waals surface area contributed by atoms with Crippen molar-refractivity contribution in [3.05, 3.63) is 53.5 Å². The zero-order valence-corrected chi connectivity index (χ0v) is 12.9. The lowest BCUT2D eigenvalue weighted by Crippen LogP contribution is -2.35. The largest absolute Gasteiger partial charge is 0.379 e. The molecule has 6 heteroatoms. The van der Waals surface area contributed by atoms with Crippen LogP contribution in [0.3, 0.4) is 0 Å². The second-order valence-electron chi connectivity index (χ2n) is 5.41. The topological polar surface area (TPSA) is 74.1 Å². The number of benzene rings is 1. The van der Waals surface area contributed by atoms with Crippen molar-refractivity contribution in [1.29, 1.82) is 5.26 Å². The fraction of sp³-hybridized carbons (Fsp3) is 0.353. The van der Waals surface area contributed by atoms with Gasteiger partial charge in [-0.3, -0.25) is 4.90 Å². The fourth-order valence-corrected chi connectivity index (χ4v) is 2.55. The molecule has 1 aromatic heterocycles. The number of anilines is 1. The number of ether oxygens (including phenoxy) is 1. The third-order valence-corrected chi connectivity index (χ3v) is 3.84. The summed E-state index contributed by atoms with van der Waals surface area (Å²) in [6.45, 7) is 5.18. The molecular weight excluding hydrogens is 290 g/mol. The van der Waals surface area contributed by atoms with E-state index in [-0.39, 0.29) is 0 Å². The maximum atomic E-state index is 8.74. The monoisotopic (exact) mass is 309 g/mol. The number of aromatic nitrogens is 2. The van der Waals surface area contributed by atoms with Crippen LogP contribution in [-0.4, -0.2) is 41.2 Å². The molecule has 0 radical (unpaired) electrons. The Morgan fingerprint density at radius 1 is 1.13 bits per heavy atom. The Morgan fingerprint density at radius 3 is 2.61 bits per heavy atom. The lowest BCUT2D eigenvalue weighted by atomic mass is 10.1.